The normalized spacial score (nSPS) is 15.2. The molecule has 0 N–H and O–H groups in total. The van der Waals surface area contributed by atoms with E-state index in [1.165, 1.54) is 6.07 Å². The van der Waals surface area contributed by atoms with Gasteiger partial charge in [-0.1, -0.05) is 48.5 Å². The molecule has 1 heterocycles. The lowest BCUT2D eigenvalue weighted by Gasteiger charge is -2.18. The van der Waals surface area contributed by atoms with E-state index in [-0.39, 0.29) is 18.5 Å². The number of allylic oxidation sites excluding steroid dienone is 1. The maximum atomic E-state index is 14.1. The van der Waals surface area contributed by atoms with Crippen LogP contribution in [0.25, 0.3) is 0 Å². The Hall–Kier alpha value is -2.29. The van der Waals surface area contributed by atoms with E-state index in [4.69, 9.17) is 9.47 Å². The summed E-state index contributed by atoms with van der Waals surface area (Å²) >= 11 is 0. The molecule has 0 aromatic heterocycles. The first-order chi connectivity index (χ1) is 9.84. The van der Waals surface area contributed by atoms with E-state index in [9.17, 15) is 4.39 Å². The average Bonchev–Trinajstić information content (AvgIpc) is 3.01. The minimum atomic E-state index is -0.218. The van der Waals surface area contributed by atoms with Gasteiger partial charge in [0.2, 0.25) is 6.79 Å². The van der Waals surface area contributed by atoms with Crippen LogP contribution in [0.1, 0.15) is 17.0 Å². The van der Waals surface area contributed by atoms with Gasteiger partial charge in [0.15, 0.2) is 0 Å². The van der Waals surface area contributed by atoms with Gasteiger partial charge in [0, 0.05) is 0 Å². The fourth-order valence-electron chi connectivity index (χ4n) is 2.41. The summed E-state index contributed by atoms with van der Waals surface area (Å²) in [7, 11) is 0. The van der Waals surface area contributed by atoms with Crippen LogP contribution in [0.4, 0.5) is 4.39 Å². The molecule has 102 valence electrons. The predicted octanol–water partition coefficient (Wildman–Crippen LogP) is 4.00. The predicted molar refractivity (Wildman–Crippen MR) is 74.4 cm³/mol. The number of ether oxygens (including phenoxy) is 2. The molecule has 0 radical (unpaired) electrons. The molecule has 0 fully saturated rings. The Labute approximate surface area is 117 Å². The summed E-state index contributed by atoms with van der Waals surface area (Å²) in [5.41, 5.74) is 1.77. The molecule has 0 saturated heterocycles. The fraction of sp³-hybridized carbons (Fsp3) is 0.176. The summed E-state index contributed by atoms with van der Waals surface area (Å²) in [4.78, 5) is 0. The zero-order valence-electron chi connectivity index (χ0n) is 11.0. The summed E-state index contributed by atoms with van der Waals surface area (Å²) < 4.78 is 24.7. The van der Waals surface area contributed by atoms with Gasteiger partial charge in [-0.3, -0.25) is 0 Å². The first kappa shape index (κ1) is 12.7. The van der Waals surface area contributed by atoms with Crippen LogP contribution in [0.2, 0.25) is 0 Å². The van der Waals surface area contributed by atoms with Crippen LogP contribution in [0.15, 0.2) is 66.6 Å². The zero-order valence-corrected chi connectivity index (χ0v) is 11.0. The molecule has 2 aromatic carbocycles. The molecule has 1 atom stereocenters. The van der Waals surface area contributed by atoms with Crippen LogP contribution < -0.4 is 0 Å². The Balaban J connectivity index is 1.94. The Morgan fingerprint density at radius 3 is 2.45 bits per heavy atom. The molecule has 0 saturated carbocycles. The highest BCUT2D eigenvalue weighted by Gasteiger charge is 2.24. The van der Waals surface area contributed by atoms with E-state index in [1.807, 2.05) is 36.4 Å². The van der Waals surface area contributed by atoms with Crippen molar-refractivity contribution < 1.29 is 13.9 Å². The molecule has 20 heavy (non-hydrogen) atoms. The van der Waals surface area contributed by atoms with Crippen molar-refractivity contribution in [1.29, 1.82) is 0 Å². The van der Waals surface area contributed by atoms with E-state index >= 15 is 0 Å². The van der Waals surface area contributed by atoms with Gasteiger partial charge >= 0.3 is 0 Å². The molecular formula is C17H15FO2. The summed E-state index contributed by atoms with van der Waals surface area (Å²) in [6.45, 7) is 0.203. The molecule has 0 amide bonds. The SMILES string of the molecule is Fc1ccccc1C(Cc1ccccc1)C1=COCO1. The van der Waals surface area contributed by atoms with E-state index in [0.29, 0.717) is 17.7 Å². The molecule has 3 heteroatoms. The van der Waals surface area contributed by atoms with E-state index in [1.54, 1.807) is 18.4 Å². The van der Waals surface area contributed by atoms with Crippen molar-refractivity contribution >= 4 is 0 Å². The molecular weight excluding hydrogens is 255 g/mol. The number of halogens is 1. The van der Waals surface area contributed by atoms with Gasteiger partial charge in [0.05, 0.1) is 5.92 Å². The Morgan fingerprint density at radius 2 is 1.75 bits per heavy atom. The van der Waals surface area contributed by atoms with E-state index in [0.717, 1.165) is 5.56 Å². The van der Waals surface area contributed by atoms with E-state index in [2.05, 4.69) is 0 Å². The highest BCUT2D eigenvalue weighted by molar-refractivity contribution is 5.31. The maximum Gasteiger partial charge on any atom is 0.229 e. The minimum Gasteiger partial charge on any atom is -0.462 e. The summed E-state index contributed by atoms with van der Waals surface area (Å²) in [6.07, 6.45) is 2.26. The smallest absolute Gasteiger partial charge is 0.229 e. The van der Waals surface area contributed by atoms with Gasteiger partial charge in [-0.05, 0) is 23.6 Å². The average molecular weight is 270 g/mol. The van der Waals surface area contributed by atoms with Crippen LogP contribution in [-0.4, -0.2) is 6.79 Å². The third-order valence-electron chi connectivity index (χ3n) is 3.40. The molecule has 0 spiro atoms. The number of hydrogen-bond donors (Lipinski definition) is 0. The van der Waals surface area contributed by atoms with Crippen molar-refractivity contribution in [3.8, 4) is 0 Å². The summed E-state index contributed by atoms with van der Waals surface area (Å²) in [5.74, 6) is 0.296. The monoisotopic (exact) mass is 270 g/mol. The van der Waals surface area contributed by atoms with E-state index < -0.39 is 0 Å². The minimum absolute atomic E-state index is 0.166. The largest absolute Gasteiger partial charge is 0.462 e. The molecule has 3 rings (SSSR count). The van der Waals surface area contributed by atoms with Crippen molar-refractivity contribution in [3.63, 3.8) is 0 Å². The van der Waals surface area contributed by atoms with Crippen molar-refractivity contribution in [2.24, 2.45) is 0 Å². The third kappa shape index (κ3) is 2.67. The van der Waals surface area contributed by atoms with Gasteiger partial charge in [0.25, 0.3) is 0 Å². The van der Waals surface area contributed by atoms with Gasteiger partial charge in [-0.15, -0.1) is 0 Å². The molecule has 1 aliphatic rings. The fourth-order valence-corrected chi connectivity index (χ4v) is 2.41. The number of hydrogen-bond acceptors (Lipinski definition) is 2. The molecule has 2 aromatic rings. The Kier molecular flexibility index (Phi) is 3.68. The van der Waals surface area contributed by atoms with Gasteiger partial charge in [0.1, 0.15) is 17.8 Å². The van der Waals surface area contributed by atoms with Crippen LogP contribution in [0.3, 0.4) is 0 Å². The van der Waals surface area contributed by atoms with Gasteiger partial charge in [-0.25, -0.2) is 4.39 Å². The van der Waals surface area contributed by atoms with Crippen molar-refractivity contribution in [1.82, 2.24) is 0 Å². The van der Waals surface area contributed by atoms with Crippen molar-refractivity contribution in [2.45, 2.75) is 12.3 Å². The highest BCUT2D eigenvalue weighted by atomic mass is 19.1. The van der Waals surface area contributed by atoms with Crippen LogP contribution in [-0.2, 0) is 15.9 Å². The van der Waals surface area contributed by atoms with Gasteiger partial charge in [-0.2, -0.15) is 0 Å². The lowest BCUT2D eigenvalue weighted by Crippen LogP contribution is -2.09. The van der Waals surface area contributed by atoms with Crippen LogP contribution in [0, 0.1) is 5.82 Å². The molecule has 2 nitrogen and oxygen atoms in total. The lowest BCUT2D eigenvalue weighted by molar-refractivity contribution is 0.0750. The standard InChI is InChI=1S/C17H15FO2/c18-16-9-5-4-8-14(16)15(17-11-19-12-20-17)10-13-6-2-1-3-7-13/h1-9,11,15H,10,12H2. The van der Waals surface area contributed by atoms with Crippen molar-refractivity contribution in [2.75, 3.05) is 6.79 Å². The second-order valence-electron chi connectivity index (χ2n) is 4.71. The Bertz CT molecular complexity index is 607. The second kappa shape index (κ2) is 5.78. The molecule has 0 aliphatic carbocycles. The Morgan fingerprint density at radius 1 is 1.00 bits per heavy atom. The zero-order chi connectivity index (χ0) is 13.8. The number of benzene rings is 2. The van der Waals surface area contributed by atoms with Gasteiger partial charge < -0.3 is 9.47 Å². The highest BCUT2D eigenvalue weighted by Crippen LogP contribution is 2.32. The molecule has 1 aliphatic heterocycles. The first-order valence-electron chi connectivity index (χ1n) is 6.57. The molecule has 0 bridgehead atoms. The second-order valence-corrected chi connectivity index (χ2v) is 4.71. The van der Waals surface area contributed by atoms with Crippen molar-refractivity contribution in [3.05, 3.63) is 83.6 Å². The third-order valence-corrected chi connectivity index (χ3v) is 3.40. The molecule has 1 unspecified atom stereocenters. The van der Waals surface area contributed by atoms with Crippen LogP contribution >= 0.6 is 0 Å². The quantitative estimate of drug-likeness (QED) is 0.836. The maximum absolute atomic E-state index is 14.1. The topological polar surface area (TPSA) is 18.5 Å². The van der Waals surface area contributed by atoms with Crippen LogP contribution in [0.5, 0.6) is 0 Å². The number of rotatable bonds is 4. The first-order valence-corrected chi connectivity index (χ1v) is 6.57. The summed E-state index contributed by atoms with van der Waals surface area (Å²) in [5, 5.41) is 0. The lowest BCUT2D eigenvalue weighted by atomic mass is 9.90. The summed E-state index contributed by atoms with van der Waals surface area (Å²) in [6, 6.07) is 16.8.